The number of hydrogen-bond donors (Lipinski definition) is 1. The van der Waals surface area contributed by atoms with E-state index in [4.69, 9.17) is 25.8 Å². The van der Waals surface area contributed by atoms with Gasteiger partial charge in [0.15, 0.2) is 11.5 Å². The number of methoxy groups -OCH3 is 1. The molecular formula is C23H24ClN3O4. The number of fused-ring (bicyclic) bond motifs is 1. The number of halogens is 1. The van der Waals surface area contributed by atoms with Crippen molar-refractivity contribution in [2.24, 2.45) is 0 Å². The van der Waals surface area contributed by atoms with Gasteiger partial charge in [0.1, 0.15) is 5.82 Å². The molecule has 1 amide bonds. The SMILES string of the molecule is CCOc1cc(/C=C(\C(=O)N2CCOCC2)c2nc3ccccc3[nH]2)cc(Cl)c1OC. The summed E-state index contributed by atoms with van der Waals surface area (Å²) in [5, 5.41) is 0.405. The number of carbonyl (C=O) groups is 1. The Bertz CT molecular complexity index is 1090. The number of aromatic amines is 1. The Kier molecular flexibility index (Phi) is 6.44. The molecule has 1 aliphatic rings. The zero-order valence-electron chi connectivity index (χ0n) is 17.5. The number of amides is 1. The second-order valence-electron chi connectivity index (χ2n) is 7.03. The minimum absolute atomic E-state index is 0.118. The summed E-state index contributed by atoms with van der Waals surface area (Å²) in [5.74, 6) is 1.37. The molecule has 0 aliphatic carbocycles. The molecule has 1 fully saturated rings. The fraction of sp³-hybridized carbons (Fsp3) is 0.304. The average molecular weight is 442 g/mol. The number of benzene rings is 2. The molecule has 0 saturated carbocycles. The molecule has 7 nitrogen and oxygen atoms in total. The van der Waals surface area contributed by atoms with Gasteiger partial charge in [-0.1, -0.05) is 23.7 Å². The van der Waals surface area contributed by atoms with Gasteiger partial charge in [-0.25, -0.2) is 4.98 Å². The molecule has 2 aromatic carbocycles. The van der Waals surface area contributed by atoms with Crippen LogP contribution in [0.2, 0.25) is 5.02 Å². The number of morpholine rings is 1. The lowest BCUT2D eigenvalue weighted by Crippen LogP contribution is -2.41. The van der Waals surface area contributed by atoms with Crippen molar-refractivity contribution >= 4 is 40.2 Å². The van der Waals surface area contributed by atoms with Crippen LogP contribution in [0.4, 0.5) is 0 Å². The third-order valence-corrected chi connectivity index (χ3v) is 5.30. The highest BCUT2D eigenvalue weighted by molar-refractivity contribution is 6.32. The van der Waals surface area contributed by atoms with Gasteiger partial charge in [0.2, 0.25) is 0 Å². The van der Waals surface area contributed by atoms with Crippen molar-refractivity contribution < 1.29 is 19.0 Å². The summed E-state index contributed by atoms with van der Waals surface area (Å²) in [6, 6.07) is 11.2. The smallest absolute Gasteiger partial charge is 0.257 e. The number of H-pyrrole nitrogens is 1. The molecule has 1 aliphatic heterocycles. The van der Waals surface area contributed by atoms with Crippen molar-refractivity contribution in [3.8, 4) is 11.5 Å². The molecule has 3 aromatic rings. The highest BCUT2D eigenvalue weighted by atomic mass is 35.5. The third kappa shape index (κ3) is 4.52. The van der Waals surface area contributed by atoms with Gasteiger partial charge in [-0.15, -0.1) is 0 Å². The van der Waals surface area contributed by atoms with Crippen LogP contribution in [0, 0.1) is 0 Å². The fourth-order valence-corrected chi connectivity index (χ4v) is 3.84. The van der Waals surface area contributed by atoms with Crippen LogP contribution < -0.4 is 9.47 Å². The van der Waals surface area contributed by atoms with Gasteiger partial charge in [-0.05, 0) is 42.8 Å². The topological polar surface area (TPSA) is 76.7 Å². The van der Waals surface area contributed by atoms with Crippen LogP contribution in [0.5, 0.6) is 11.5 Å². The molecule has 2 heterocycles. The molecular weight excluding hydrogens is 418 g/mol. The number of aromatic nitrogens is 2. The van der Waals surface area contributed by atoms with Gasteiger partial charge >= 0.3 is 0 Å². The lowest BCUT2D eigenvalue weighted by molar-refractivity contribution is -0.128. The first kappa shape index (κ1) is 21.2. The first-order chi connectivity index (χ1) is 15.1. The predicted octanol–water partition coefficient (Wildman–Crippen LogP) is 4.02. The highest BCUT2D eigenvalue weighted by Gasteiger charge is 2.24. The zero-order valence-corrected chi connectivity index (χ0v) is 18.2. The molecule has 1 N–H and O–H groups in total. The van der Waals surface area contributed by atoms with Crippen molar-refractivity contribution in [1.29, 1.82) is 0 Å². The normalized spacial score (nSPS) is 14.7. The van der Waals surface area contributed by atoms with Crippen LogP contribution in [0.25, 0.3) is 22.7 Å². The van der Waals surface area contributed by atoms with Crippen LogP contribution >= 0.6 is 11.6 Å². The molecule has 0 bridgehead atoms. The second kappa shape index (κ2) is 9.41. The van der Waals surface area contributed by atoms with E-state index in [9.17, 15) is 4.79 Å². The number of rotatable bonds is 6. The maximum atomic E-state index is 13.5. The van der Waals surface area contributed by atoms with Crippen molar-refractivity contribution in [2.45, 2.75) is 6.92 Å². The van der Waals surface area contributed by atoms with E-state index >= 15 is 0 Å². The van der Waals surface area contributed by atoms with Gasteiger partial charge in [-0.3, -0.25) is 4.79 Å². The zero-order chi connectivity index (χ0) is 21.8. The number of nitrogens with zero attached hydrogens (tertiary/aromatic N) is 2. The van der Waals surface area contributed by atoms with Crippen LogP contribution in [-0.4, -0.2) is 60.8 Å². The Morgan fingerprint density at radius 1 is 1.29 bits per heavy atom. The summed E-state index contributed by atoms with van der Waals surface area (Å²) >= 11 is 6.42. The maximum absolute atomic E-state index is 13.5. The summed E-state index contributed by atoms with van der Waals surface area (Å²) in [4.78, 5) is 23.1. The van der Waals surface area contributed by atoms with E-state index in [1.54, 1.807) is 24.2 Å². The molecule has 0 atom stereocenters. The van der Waals surface area contributed by atoms with E-state index < -0.39 is 0 Å². The van der Waals surface area contributed by atoms with Gasteiger partial charge < -0.3 is 24.1 Å². The molecule has 0 unspecified atom stereocenters. The highest BCUT2D eigenvalue weighted by Crippen LogP contribution is 2.37. The Morgan fingerprint density at radius 2 is 2.06 bits per heavy atom. The van der Waals surface area contributed by atoms with Gasteiger partial charge in [-0.2, -0.15) is 0 Å². The number of imidazole rings is 1. The van der Waals surface area contributed by atoms with Crippen LogP contribution in [0.3, 0.4) is 0 Å². The van der Waals surface area contributed by atoms with Crippen LogP contribution in [-0.2, 0) is 9.53 Å². The third-order valence-electron chi connectivity index (χ3n) is 5.02. The summed E-state index contributed by atoms with van der Waals surface area (Å²) in [6.45, 7) is 4.44. The molecule has 162 valence electrons. The molecule has 4 rings (SSSR count). The van der Waals surface area contributed by atoms with Crippen molar-refractivity contribution in [2.75, 3.05) is 40.0 Å². The number of nitrogens with one attached hydrogen (secondary N) is 1. The fourth-order valence-electron chi connectivity index (χ4n) is 3.55. The molecule has 0 spiro atoms. The first-order valence-electron chi connectivity index (χ1n) is 10.1. The summed E-state index contributed by atoms with van der Waals surface area (Å²) in [5.41, 5.74) is 2.81. The van der Waals surface area contributed by atoms with Crippen molar-refractivity contribution in [3.05, 3.63) is 52.8 Å². The van der Waals surface area contributed by atoms with Gasteiger partial charge in [0.25, 0.3) is 5.91 Å². The predicted molar refractivity (Wildman–Crippen MR) is 121 cm³/mol. The number of para-hydroxylation sites is 2. The summed E-state index contributed by atoms with van der Waals surface area (Å²) < 4.78 is 16.5. The Balaban J connectivity index is 1.81. The number of carbonyl (C=O) groups excluding carboxylic acids is 1. The van der Waals surface area contributed by atoms with Crippen molar-refractivity contribution in [3.63, 3.8) is 0 Å². The Morgan fingerprint density at radius 3 is 2.77 bits per heavy atom. The van der Waals surface area contributed by atoms with E-state index in [0.717, 1.165) is 11.0 Å². The minimum atomic E-state index is -0.118. The largest absolute Gasteiger partial charge is 0.491 e. The van der Waals surface area contributed by atoms with E-state index in [2.05, 4.69) is 9.97 Å². The quantitative estimate of drug-likeness (QED) is 0.584. The molecule has 1 aromatic heterocycles. The summed E-state index contributed by atoms with van der Waals surface area (Å²) in [7, 11) is 1.54. The van der Waals surface area contributed by atoms with Crippen LogP contribution in [0.1, 0.15) is 18.3 Å². The monoisotopic (exact) mass is 441 g/mol. The van der Waals surface area contributed by atoms with Crippen LogP contribution in [0.15, 0.2) is 36.4 Å². The van der Waals surface area contributed by atoms with E-state index in [1.165, 1.54) is 0 Å². The molecule has 1 saturated heterocycles. The maximum Gasteiger partial charge on any atom is 0.257 e. The Hall–Kier alpha value is -3.03. The number of hydrogen-bond acceptors (Lipinski definition) is 5. The minimum Gasteiger partial charge on any atom is -0.491 e. The average Bonchev–Trinajstić information content (AvgIpc) is 3.22. The van der Waals surface area contributed by atoms with Gasteiger partial charge in [0.05, 0.1) is 48.6 Å². The molecule has 8 heteroatoms. The Labute approximate surface area is 185 Å². The first-order valence-corrected chi connectivity index (χ1v) is 10.5. The number of ether oxygens (including phenoxy) is 3. The van der Waals surface area contributed by atoms with E-state index in [-0.39, 0.29) is 5.91 Å². The standard InChI is InChI=1S/C23H24ClN3O4/c1-3-31-20-14-15(13-17(24)21(20)29-2)12-16(23(28)27-8-10-30-11-9-27)22-25-18-6-4-5-7-19(18)26-22/h4-7,12-14H,3,8-11H2,1-2H3,(H,25,26)/b16-12-. The van der Waals surface area contributed by atoms with Crippen molar-refractivity contribution in [1.82, 2.24) is 14.9 Å². The van der Waals surface area contributed by atoms with E-state index in [1.807, 2.05) is 37.3 Å². The lowest BCUT2D eigenvalue weighted by atomic mass is 10.1. The summed E-state index contributed by atoms with van der Waals surface area (Å²) in [6.07, 6.45) is 1.78. The van der Waals surface area contributed by atoms with E-state index in [0.29, 0.717) is 66.4 Å². The molecule has 0 radical (unpaired) electrons. The lowest BCUT2D eigenvalue weighted by Gasteiger charge is -2.27. The second-order valence-corrected chi connectivity index (χ2v) is 7.44. The van der Waals surface area contributed by atoms with Gasteiger partial charge in [0, 0.05) is 13.1 Å². The molecule has 31 heavy (non-hydrogen) atoms.